The Morgan fingerprint density at radius 2 is 1.33 bits per heavy atom. The smallest absolute Gasteiger partial charge is 0.338 e. The zero-order valence-corrected chi connectivity index (χ0v) is 16.6. The second kappa shape index (κ2) is 10.3. The molecular weight excluding hydrogens is 395 g/mol. The van der Waals surface area contributed by atoms with Crippen LogP contribution in [-0.4, -0.2) is 63.5 Å². The van der Waals surface area contributed by atoms with Gasteiger partial charge in [-0.05, 0) is 24.3 Å². The molecule has 0 radical (unpaired) electrons. The summed E-state index contributed by atoms with van der Waals surface area (Å²) in [6, 6.07) is 16.3. The van der Waals surface area contributed by atoms with Crippen LogP contribution in [0.5, 0.6) is 0 Å². The van der Waals surface area contributed by atoms with Crippen molar-refractivity contribution in [1.29, 1.82) is 0 Å². The Kier molecular flexibility index (Phi) is 7.51. The van der Waals surface area contributed by atoms with Crippen molar-refractivity contribution >= 4 is 11.9 Å². The fourth-order valence-electron chi connectivity index (χ4n) is 3.24. The van der Waals surface area contributed by atoms with Crippen molar-refractivity contribution in [3.63, 3.8) is 0 Å². The number of alkyl halides is 1. The average molecular weight is 418 g/mol. The quantitative estimate of drug-likeness (QED) is 0.640. The van der Waals surface area contributed by atoms with E-state index in [2.05, 4.69) is 0 Å². The molecule has 0 amide bonds. The monoisotopic (exact) mass is 418 g/mol. The third kappa shape index (κ3) is 5.02. The minimum absolute atomic E-state index is 0.00232. The van der Waals surface area contributed by atoms with Crippen molar-refractivity contribution in [2.24, 2.45) is 0 Å². The van der Waals surface area contributed by atoms with Crippen molar-refractivity contribution in [2.45, 2.75) is 30.8 Å². The van der Waals surface area contributed by atoms with Crippen molar-refractivity contribution in [1.82, 2.24) is 0 Å². The maximum absolute atomic E-state index is 14.9. The Balaban J connectivity index is 1.86. The highest BCUT2D eigenvalue weighted by Gasteiger charge is 2.51. The van der Waals surface area contributed by atoms with Crippen LogP contribution in [0.2, 0.25) is 0 Å². The number of hydrogen-bond acceptors (Lipinski definition) is 7. The van der Waals surface area contributed by atoms with Crippen LogP contribution in [0.4, 0.5) is 4.39 Å². The number of methoxy groups -OCH3 is 2. The molecule has 0 saturated carbocycles. The number of rotatable bonds is 7. The van der Waals surface area contributed by atoms with E-state index in [0.29, 0.717) is 0 Å². The largest absolute Gasteiger partial charge is 0.452 e. The van der Waals surface area contributed by atoms with E-state index in [1.165, 1.54) is 26.4 Å². The molecule has 1 heterocycles. The highest BCUT2D eigenvalue weighted by molar-refractivity contribution is 5.90. The average Bonchev–Trinajstić information content (AvgIpc) is 2.77. The molecule has 5 atom stereocenters. The van der Waals surface area contributed by atoms with Gasteiger partial charge in [0.25, 0.3) is 0 Å². The molecule has 1 aliphatic rings. The summed E-state index contributed by atoms with van der Waals surface area (Å²) in [7, 11) is 2.80. The molecule has 7 nitrogen and oxygen atoms in total. The molecule has 2 aromatic carbocycles. The van der Waals surface area contributed by atoms with Gasteiger partial charge < -0.3 is 23.7 Å². The van der Waals surface area contributed by atoms with Gasteiger partial charge in [-0.1, -0.05) is 36.4 Å². The second-order valence-corrected chi connectivity index (χ2v) is 6.65. The molecular formula is C22H23FO7. The Morgan fingerprint density at radius 3 is 1.80 bits per heavy atom. The lowest BCUT2D eigenvalue weighted by atomic mass is 9.98. The molecule has 160 valence electrons. The summed E-state index contributed by atoms with van der Waals surface area (Å²) in [5.74, 6) is -1.47. The summed E-state index contributed by atoms with van der Waals surface area (Å²) in [4.78, 5) is 25.1. The molecule has 1 fully saturated rings. The molecule has 2 aromatic rings. The van der Waals surface area contributed by atoms with E-state index in [9.17, 15) is 14.0 Å². The van der Waals surface area contributed by atoms with Crippen LogP contribution < -0.4 is 0 Å². The van der Waals surface area contributed by atoms with Crippen LogP contribution in [-0.2, 0) is 23.7 Å². The van der Waals surface area contributed by atoms with Gasteiger partial charge in [-0.3, -0.25) is 0 Å². The fourth-order valence-corrected chi connectivity index (χ4v) is 3.24. The Hall–Kier alpha value is -2.81. The van der Waals surface area contributed by atoms with Gasteiger partial charge in [0.05, 0.1) is 17.7 Å². The number of ether oxygens (including phenoxy) is 5. The molecule has 8 heteroatoms. The van der Waals surface area contributed by atoms with Gasteiger partial charge in [0.15, 0.2) is 12.2 Å². The predicted molar refractivity (Wildman–Crippen MR) is 104 cm³/mol. The first-order valence-electron chi connectivity index (χ1n) is 9.38. The van der Waals surface area contributed by atoms with Crippen LogP contribution in [0.25, 0.3) is 0 Å². The first kappa shape index (κ1) is 21.9. The van der Waals surface area contributed by atoms with Gasteiger partial charge in [-0.25, -0.2) is 14.0 Å². The molecule has 1 saturated heterocycles. The summed E-state index contributed by atoms with van der Waals surface area (Å²) < 4.78 is 41.6. The summed E-state index contributed by atoms with van der Waals surface area (Å²) >= 11 is 0. The van der Waals surface area contributed by atoms with E-state index < -0.39 is 42.7 Å². The lowest BCUT2D eigenvalue weighted by molar-refractivity contribution is -0.268. The summed E-state index contributed by atoms with van der Waals surface area (Å²) in [5, 5.41) is 0. The molecule has 0 aromatic heterocycles. The first-order valence-corrected chi connectivity index (χ1v) is 9.38. The van der Waals surface area contributed by atoms with E-state index >= 15 is 0 Å². The normalized spacial score (nSPS) is 26.0. The molecule has 0 unspecified atom stereocenters. The van der Waals surface area contributed by atoms with Gasteiger partial charge in [-0.2, -0.15) is 0 Å². The zero-order valence-electron chi connectivity index (χ0n) is 16.6. The summed E-state index contributed by atoms with van der Waals surface area (Å²) in [6.07, 6.45) is -6.60. The number of halogens is 1. The molecule has 3 rings (SSSR count). The van der Waals surface area contributed by atoms with Gasteiger partial charge in [0.1, 0.15) is 12.2 Å². The maximum atomic E-state index is 14.9. The van der Waals surface area contributed by atoms with E-state index in [4.69, 9.17) is 23.7 Å². The van der Waals surface area contributed by atoms with Gasteiger partial charge >= 0.3 is 11.9 Å². The molecule has 0 aliphatic carbocycles. The number of carbonyl (C=O) groups is 2. The zero-order chi connectivity index (χ0) is 21.5. The summed E-state index contributed by atoms with van der Waals surface area (Å²) in [6.45, 7) is -0.00232. The minimum Gasteiger partial charge on any atom is -0.452 e. The van der Waals surface area contributed by atoms with Crippen molar-refractivity contribution < 1.29 is 37.7 Å². The lowest BCUT2D eigenvalue weighted by Gasteiger charge is -2.42. The third-order valence-corrected chi connectivity index (χ3v) is 4.69. The topological polar surface area (TPSA) is 80.3 Å². The molecule has 1 aliphatic heterocycles. The molecule has 0 N–H and O–H groups in total. The lowest BCUT2D eigenvalue weighted by Crippen LogP contribution is -2.60. The van der Waals surface area contributed by atoms with Gasteiger partial charge in [0, 0.05) is 14.2 Å². The van der Waals surface area contributed by atoms with Crippen LogP contribution >= 0.6 is 0 Å². The SMILES string of the molecule is COC[C@H]1O[C@@H](F)[C@@H](OC(=O)c2ccccc2)[C@@H](OC(=O)c2ccccc2)[C@@H]1OC. The number of carbonyl (C=O) groups excluding carboxylic acids is 2. The second-order valence-electron chi connectivity index (χ2n) is 6.65. The number of benzene rings is 2. The van der Waals surface area contributed by atoms with E-state index in [0.717, 1.165) is 0 Å². The van der Waals surface area contributed by atoms with Crippen molar-refractivity contribution in [2.75, 3.05) is 20.8 Å². The third-order valence-electron chi connectivity index (χ3n) is 4.69. The van der Waals surface area contributed by atoms with Crippen LogP contribution in [0.3, 0.4) is 0 Å². The maximum Gasteiger partial charge on any atom is 0.338 e. The van der Waals surface area contributed by atoms with Crippen molar-refractivity contribution in [3.05, 3.63) is 71.8 Å². The number of hydrogen-bond donors (Lipinski definition) is 0. The van der Waals surface area contributed by atoms with Crippen LogP contribution in [0.1, 0.15) is 20.7 Å². The minimum atomic E-state index is -2.04. The van der Waals surface area contributed by atoms with Crippen LogP contribution in [0.15, 0.2) is 60.7 Å². The van der Waals surface area contributed by atoms with Crippen molar-refractivity contribution in [3.8, 4) is 0 Å². The van der Waals surface area contributed by atoms with Gasteiger partial charge in [0.2, 0.25) is 6.36 Å². The Morgan fingerprint density at radius 1 is 0.833 bits per heavy atom. The first-order chi connectivity index (χ1) is 14.5. The highest BCUT2D eigenvalue weighted by Crippen LogP contribution is 2.30. The number of esters is 2. The highest BCUT2D eigenvalue weighted by atomic mass is 19.1. The Labute approximate surface area is 173 Å². The van der Waals surface area contributed by atoms with Gasteiger partial charge in [-0.15, -0.1) is 0 Å². The van der Waals surface area contributed by atoms with E-state index in [1.54, 1.807) is 48.5 Å². The van der Waals surface area contributed by atoms with Crippen LogP contribution in [0, 0.1) is 0 Å². The predicted octanol–water partition coefficient (Wildman–Crippen LogP) is 2.79. The fraction of sp³-hybridized carbons (Fsp3) is 0.364. The van der Waals surface area contributed by atoms with E-state index in [1.807, 2.05) is 0 Å². The molecule has 0 bridgehead atoms. The summed E-state index contributed by atoms with van der Waals surface area (Å²) in [5.41, 5.74) is 0.497. The molecule has 0 spiro atoms. The standard InChI is InChI=1S/C22H23FO7/c1-26-13-16-17(27-2)18(29-21(24)14-9-5-3-6-10-14)19(20(23)28-16)30-22(25)15-11-7-4-8-12-15/h3-12,16-20H,13H2,1-2H3/t16-,17-,18+,19+,20-/m1/s1. The van der Waals surface area contributed by atoms with E-state index in [-0.39, 0.29) is 17.7 Å². The molecule has 30 heavy (non-hydrogen) atoms. The Bertz CT molecular complexity index is 830.